The van der Waals surface area contributed by atoms with Crippen molar-refractivity contribution in [3.63, 3.8) is 0 Å². The van der Waals surface area contributed by atoms with Gasteiger partial charge in [0.1, 0.15) is 11.6 Å². The minimum atomic E-state index is 0.518. The average molecular weight is 287 g/mol. The van der Waals surface area contributed by atoms with E-state index < -0.39 is 0 Å². The van der Waals surface area contributed by atoms with Crippen LogP contribution in [0.5, 0.6) is 5.75 Å². The predicted molar refractivity (Wildman–Crippen MR) is 82.8 cm³/mol. The lowest BCUT2D eigenvalue weighted by molar-refractivity contribution is 0.415. The number of ether oxygens (including phenoxy) is 1. The van der Waals surface area contributed by atoms with Gasteiger partial charge in [-0.25, -0.2) is 4.98 Å². The van der Waals surface area contributed by atoms with Crippen LogP contribution in [0, 0.1) is 4.77 Å². The molecule has 0 spiro atoms. The number of nitrogens with one attached hydrogen (secondary N) is 2. The van der Waals surface area contributed by atoms with Crippen LogP contribution in [0.15, 0.2) is 24.3 Å². The molecule has 0 saturated carbocycles. The fraction of sp³-hybridized carbons (Fsp3) is 0.333. The molecule has 0 unspecified atom stereocenters. The Morgan fingerprint density at radius 2 is 2.00 bits per heavy atom. The minimum Gasteiger partial charge on any atom is -0.497 e. The second kappa shape index (κ2) is 5.63. The van der Waals surface area contributed by atoms with Crippen LogP contribution in [0.2, 0.25) is 0 Å². The first-order valence-electron chi connectivity index (χ1n) is 6.79. The summed E-state index contributed by atoms with van der Waals surface area (Å²) in [4.78, 5) is 7.66. The Labute approximate surface area is 123 Å². The number of hydrogen-bond donors (Lipinski definition) is 2. The highest BCUT2D eigenvalue weighted by Gasteiger charge is 2.15. The third kappa shape index (κ3) is 2.54. The fourth-order valence-electron chi connectivity index (χ4n) is 2.53. The highest BCUT2D eigenvalue weighted by molar-refractivity contribution is 7.71. The van der Waals surface area contributed by atoms with Crippen molar-refractivity contribution in [3.05, 3.63) is 34.6 Å². The van der Waals surface area contributed by atoms with Gasteiger partial charge in [0.25, 0.3) is 0 Å². The number of benzene rings is 1. The average Bonchev–Trinajstić information content (AvgIpc) is 2.71. The molecule has 104 valence electrons. The summed E-state index contributed by atoms with van der Waals surface area (Å²) in [6.07, 6.45) is 3.34. The summed E-state index contributed by atoms with van der Waals surface area (Å²) < 4.78 is 5.72. The smallest absolute Gasteiger partial charge is 0.199 e. The Hall–Kier alpha value is -1.88. The van der Waals surface area contributed by atoms with E-state index in [0.29, 0.717) is 4.77 Å². The molecule has 0 aliphatic carbocycles. The number of methoxy groups -OCH3 is 1. The van der Waals surface area contributed by atoms with Crippen molar-refractivity contribution in [1.82, 2.24) is 9.97 Å². The number of aromatic amines is 1. The van der Waals surface area contributed by atoms with Gasteiger partial charge in [-0.2, -0.15) is 0 Å². The summed E-state index contributed by atoms with van der Waals surface area (Å²) in [6, 6.07) is 8.02. The number of hydrogen-bond acceptors (Lipinski definition) is 4. The third-order valence-electron chi connectivity index (χ3n) is 3.56. The van der Waals surface area contributed by atoms with Gasteiger partial charge in [-0.05, 0) is 61.3 Å². The Morgan fingerprint density at radius 3 is 2.75 bits per heavy atom. The van der Waals surface area contributed by atoms with Gasteiger partial charge >= 0.3 is 0 Å². The molecule has 2 N–H and O–H groups in total. The SMILES string of the molecule is COc1ccc(-c2[nH]c(=S)nc3c2CCCCN3)cc1. The summed E-state index contributed by atoms with van der Waals surface area (Å²) >= 11 is 5.25. The number of nitrogens with zero attached hydrogens (tertiary/aromatic N) is 1. The maximum atomic E-state index is 5.25. The van der Waals surface area contributed by atoms with Gasteiger partial charge in [-0.3, -0.25) is 0 Å². The number of rotatable bonds is 2. The third-order valence-corrected chi connectivity index (χ3v) is 3.75. The maximum absolute atomic E-state index is 5.25. The van der Waals surface area contributed by atoms with E-state index in [2.05, 4.69) is 15.3 Å². The van der Waals surface area contributed by atoms with E-state index in [4.69, 9.17) is 17.0 Å². The van der Waals surface area contributed by atoms with Crippen molar-refractivity contribution >= 4 is 18.0 Å². The van der Waals surface area contributed by atoms with Crippen molar-refractivity contribution in [2.75, 3.05) is 19.0 Å². The lowest BCUT2D eigenvalue weighted by atomic mass is 10.0. The first-order valence-corrected chi connectivity index (χ1v) is 7.20. The van der Waals surface area contributed by atoms with Crippen molar-refractivity contribution in [2.24, 2.45) is 0 Å². The fourth-order valence-corrected chi connectivity index (χ4v) is 2.72. The van der Waals surface area contributed by atoms with Crippen molar-refractivity contribution < 1.29 is 4.74 Å². The molecule has 2 heterocycles. The van der Waals surface area contributed by atoms with Gasteiger partial charge in [-0.1, -0.05) is 0 Å². The zero-order valence-electron chi connectivity index (χ0n) is 11.4. The minimum absolute atomic E-state index is 0.518. The van der Waals surface area contributed by atoms with Gasteiger partial charge in [0.05, 0.1) is 12.8 Å². The second-order valence-electron chi connectivity index (χ2n) is 4.86. The van der Waals surface area contributed by atoms with E-state index in [0.717, 1.165) is 48.6 Å². The molecule has 1 aliphatic rings. The van der Waals surface area contributed by atoms with Crippen LogP contribution in [-0.2, 0) is 6.42 Å². The van der Waals surface area contributed by atoms with Crippen LogP contribution in [0.3, 0.4) is 0 Å². The van der Waals surface area contributed by atoms with Gasteiger partial charge in [-0.15, -0.1) is 0 Å². The normalized spacial score (nSPS) is 14.1. The second-order valence-corrected chi connectivity index (χ2v) is 5.24. The quantitative estimate of drug-likeness (QED) is 0.829. The Bertz CT molecular complexity index is 664. The largest absolute Gasteiger partial charge is 0.497 e. The number of fused-ring (bicyclic) bond motifs is 1. The highest BCUT2D eigenvalue weighted by Crippen LogP contribution is 2.30. The molecule has 0 fully saturated rings. The lowest BCUT2D eigenvalue weighted by Crippen LogP contribution is -2.05. The molecule has 0 radical (unpaired) electrons. The molecule has 0 amide bonds. The molecular formula is C15H17N3OS. The van der Waals surface area contributed by atoms with Gasteiger partial charge in [0.2, 0.25) is 0 Å². The molecule has 1 aromatic heterocycles. The van der Waals surface area contributed by atoms with Gasteiger partial charge in [0, 0.05) is 12.1 Å². The number of aromatic nitrogens is 2. The summed E-state index contributed by atoms with van der Waals surface area (Å²) in [6.45, 7) is 0.959. The van der Waals surface area contributed by atoms with E-state index in [-0.39, 0.29) is 0 Å². The van der Waals surface area contributed by atoms with E-state index in [1.807, 2.05) is 24.3 Å². The van der Waals surface area contributed by atoms with E-state index in [1.165, 1.54) is 5.56 Å². The van der Waals surface area contributed by atoms with Crippen LogP contribution >= 0.6 is 12.2 Å². The Morgan fingerprint density at radius 1 is 1.20 bits per heavy atom. The highest BCUT2D eigenvalue weighted by atomic mass is 32.1. The standard InChI is InChI=1S/C15H17N3OS/c1-19-11-7-5-10(6-8-11)13-12-4-2-3-9-16-14(12)18-15(20)17-13/h5-8H,2-4,9H2,1H3,(H2,16,17,18,20). The Kier molecular flexibility index (Phi) is 3.69. The Balaban J connectivity index is 2.11. The maximum Gasteiger partial charge on any atom is 0.199 e. The summed E-state index contributed by atoms with van der Waals surface area (Å²) in [5.41, 5.74) is 3.40. The number of anilines is 1. The molecule has 2 aromatic rings. The number of H-pyrrole nitrogens is 1. The van der Waals surface area contributed by atoms with Crippen LogP contribution in [0.4, 0.5) is 5.82 Å². The lowest BCUT2D eigenvalue weighted by Gasteiger charge is -2.12. The molecule has 1 aromatic carbocycles. The molecule has 20 heavy (non-hydrogen) atoms. The molecule has 0 bridgehead atoms. The van der Waals surface area contributed by atoms with Crippen LogP contribution in [-0.4, -0.2) is 23.6 Å². The molecule has 0 atom stereocenters. The molecular weight excluding hydrogens is 270 g/mol. The molecule has 5 heteroatoms. The van der Waals surface area contributed by atoms with E-state index in [9.17, 15) is 0 Å². The summed E-state index contributed by atoms with van der Waals surface area (Å²) in [5, 5.41) is 3.38. The zero-order chi connectivity index (χ0) is 13.9. The molecule has 1 aliphatic heterocycles. The van der Waals surface area contributed by atoms with E-state index >= 15 is 0 Å². The summed E-state index contributed by atoms with van der Waals surface area (Å²) in [5.74, 6) is 1.78. The first kappa shape index (κ1) is 13.1. The predicted octanol–water partition coefficient (Wildman–Crippen LogP) is 3.56. The van der Waals surface area contributed by atoms with Gasteiger partial charge in [0.15, 0.2) is 4.77 Å². The molecule has 3 rings (SSSR count). The monoisotopic (exact) mass is 287 g/mol. The summed E-state index contributed by atoms with van der Waals surface area (Å²) in [7, 11) is 1.67. The van der Waals surface area contributed by atoms with E-state index in [1.54, 1.807) is 7.11 Å². The zero-order valence-corrected chi connectivity index (χ0v) is 12.2. The topological polar surface area (TPSA) is 49.9 Å². The molecule has 0 saturated heterocycles. The van der Waals surface area contributed by atoms with Gasteiger partial charge < -0.3 is 15.0 Å². The first-order chi connectivity index (χ1) is 9.78. The van der Waals surface area contributed by atoms with Crippen LogP contribution < -0.4 is 10.1 Å². The van der Waals surface area contributed by atoms with Crippen molar-refractivity contribution in [1.29, 1.82) is 0 Å². The van der Waals surface area contributed by atoms with Crippen LogP contribution in [0.1, 0.15) is 18.4 Å². The van der Waals surface area contributed by atoms with Crippen LogP contribution in [0.25, 0.3) is 11.3 Å². The molecule has 4 nitrogen and oxygen atoms in total. The van der Waals surface area contributed by atoms with Crippen molar-refractivity contribution in [2.45, 2.75) is 19.3 Å². The van der Waals surface area contributed by atoms with Crippen molar-refractivity contribution in [3.8, 4) is 17.0 Å².